The van der Waals surface area contributed by atoms with Gasteiger partial charge in [0.2, 0.25) is 0 Å². The molecule has 0 radical (unpaired) electrons. The first kappa shape index (κ1) is 23.7. The van der Waals surface area contributed by atoms with Gasteiger partial charge in [-0.05, 0) is 57.1 Å². The Morgan fingerprint density at radius 3 is 2.36 bits per heavy atom. The molecule has 1 rings (SSSR count). The number of carbonyl (C=O) groups is 1. The van der Waals surface area contributed by atoms with Crippen LogP contribution in [0.2, 0.25) is 0 Å². The number of methoxy groups -OCH3 is 2. The Labute approximate surface area is 170 Å². The molecule has 1 aromatic carbocycles. The largest absolute Gasteiger partial charge is 0.493 e. The summed E-state index contributed by atoms with van der Waals surface area (Å²) in [6, 6.07) is 7.89. The number of allylic oxidation sites excluding steroid dienone is 1. The number of aryl methyl sites for hydroxylation is 1. The van der Waals surface area contributed by atoms with Gasteiger partial charge in [-0.3, -0.25) is 9.69 Å². The zero-order chi connectivity index (χ0) is 21.3. The predicted octanol–water partition coefficient (Wildman–Crippen LogP) is 4.84. The summed E-state index contributed by atoms with van der Waals surface area (Å²) in [6.45, 7) is 12.9. The first-order valence-electron chi connectivity index (χ1n) is 9.71. The van der Waals surface area contributed by atoms with E-state index in [0.717, 1.165) is 28.8 Å². The van der Waals surface area contributed by atoms with E-state index >= 15 is 0 Å². The highest BCUT2D eigenvalue weighted by atomic mass is 16.5. The number of carbonyl (C=O) groups excluding carboxylic acids is 1. The van der Waals surface area contributed by atoms with Gasteiger partial charge in [0.25, 0.3) is 0 Å². The third-order valence-electron chi connectivity index (χ3n) is 5.05. The molecule has 0 saturated carbocycles. The molecule has 0 amide bonds. The summed E-state index contributed by atoms with van der Waals surface area (Å²) in [5.74, 6) is 1.46. The van der Waals surface area contributed by atoms with Crippen molar-refractivity contribution in [3.05, 3.63) is 70.7 Å². The average molecular weight is 386 g/mol. The van der Waals surface area contributed by atoms with Crippen molar-refractivity contribution >= 4 is 5.78 Å². The van der Waals surface area contributed by atoms with Crippen molar-refractivity contribution in [3.63, 3.8) is 0 Å². The van der Waals surface area contributed by atoms with Crippen LogP contribution >= 0.6 is 0 Å². The molecule has 0 heterocycles. The van der Waals surface area contributed by atoms with Crippen molar-refractivity contribution in [2.75, 3.05) is 27.8 Å². The number of nitrogens with zero attached hydrogens (tertiary/aromatic N) is 1. The number of ketones is 1. The van der Waals surface area contributed by atoms with E-state index < -0.39 is 0 Å². The smallest absolute Gasteiger partial charge is 0.165 e. The lowest BCUT2D eigenvalue weighted by molar-refractivity contribution is -0.119. The van der Waals surface area contributed by atoms with Gasteiger partial charge in [-0.2, -0.15) is 0 Å². The maximum Gasteiger partial charge on any atom is 0.165 e. The molecule has 0 aliphatic heterocycles. The van der Waals surface area contributed by atoms with Crippen molar-refractivity contribution in [3.8, 4) is 0 Å². The maximum absolute atomic E-state index is 13.0. The Hall–Kier alpha value is -2.33. The van der Waals surface area contributed by atoms with Gasteiger partial charge in [0.1, 0.15) is 5.78 Å². The van der Waals surface area contributed by atoms with Gasteiger partial charge in [-0.15, -0.1) is 0 Å². The van der Waals surface area contributed by atoms with Gasteiger partial charge in [0, 0.05) is 24.5 Å². The van der Waals surface area contributed by atoms with Crippen molar-refractivity contribution in [1.82, 2.24) is 4.90 Å². The first-order valence-corrected chi connectivity index (χ1v) is 9.71. The van der Waals surface area contributed by atoms with Crippen molar-refractivity contribution in [2.45, 2.75) is 46.6 Å². The van der Waals surface area contributed by atoms with E-state index in [0.29, 0.717) is 24.4 Å². The fourth-order valence-electron chi connectivity index (χ4n) is 3.32. The fourth-order valence-corrected chi connectivity index (χ4v) is 3.32. The van der Waals surface area contributed by atoms with E-state index in [4.69, 9.17) is 9.47 Å². The van der Waals surface area contributed by atoms with Crippen LogP contribution < -0.4 is 0 Å². The minimum atomic E-state index is -0.140. The Balaban J connectivity index is 3.32. The Morgan fingerprint density at radius 1 is 1.25 bits per heavy atom. The Bertz CT molecular complexity index is 746. The molecule has 0 aliphatic rings. The number of ether oxygens (including phenoxy) is 2. The highest BCUT2D eigenvalue weighted by Gasteiger charge is 2.27. The molecule has 0 bridgehead atoms. The quantitative estimate of drug-likeness (QED) is 0.403. The highest BCUT2D eigenvalue weighted by molar-refractivity contribution is 5.82. The van der Waals surface area contributed by atoms with Crippen LogP contribution in [0.5, 0.6) is 0 Å². The summed E-state index contributed by atoms with van der Waals surface area (Å²) in [5, 5.41) is 0. The second kappa shape index (κ2) is 11.5. The van der Waals surface area contributed by atoms with E-state index in [1.807, 2.05) is 58.2 Å². The van der Waals surface area contributed by atoms with Gasteiger partial charge in [0.15, 0.2) is 11.5 Å². The number of rotatable bonds is 11. The van der Waals surface area contributed by atoms with Crippen LogP contribution in [0.4, 0.5) is 0 Å². The van der Waals surface area contributed by atoms with Gasteiger partial charge < -0.3 is 9.47 Å². The normalized spacial score (nSPS) is 13.8. The van der Waals surface area contributed by atoms with Gasteiger partial charge in [-0.25, -0.2) is 0 Å². The van der Waals surface area contributed by atoms with Crippen LogP contribution in [0.15, 0.2) is 59.6 Å². The molecule has 154 valence electrons. The molecule has 1 aromatic rings. The molecule has 1 atom stereocenters. The van der Waals surface area contributed by atoms with Crippen LogP contribution in [-0.4, -0.2) is 44.5 Å². The monoisotopic (exact) mass is 385 g/mol. The van der Waals surface area contributed by atoms with E-state index in [1.165, 1.54) is 0 Å². The minimum Gasteiger partial charge on any atom is -0.493 e. The number of benzene rings is 1. The second-order valence-electron chi connectivity index (χ2n) is 7.02. The SMILES string of the molecule is C=C(C)/C(=C(/OC)C(=CC)OC)C(CC(=O)Cc1ccccc1C)N(C)CC. The molecule has 0 saturated heterocycles. The maximum atomic E-state index is 13.0. The third kappa shape index (κ3) is 6.10. The summed E-state index contributed by atoms with van der Waals surface area (Å²) in [5.41, 5.74) is 3.98. The minimum absolute atomic E-state index is 0.140. The van der Waals surface area contributed by atoms with Crippen LogP contribution in [0, 0.1) is 6.92 Å². The molecular weight excluding hydrogens is 350 g/mol. The standard InChI is InChI=1S/C24H35NO3/c1-9-22(27-7)24(28-8)23(17(3)4)21(25(6)10-2)16-20(26)15-19-14-12-11-13-18(19)5/h9,11-14,21H,3,10,15-16H2,1-2,4-8H3/b22-9?,24-23-. The lowest BCUT2D eigenvalue weighted by Crippen LogP contribution is -2.37. The molecule has 0 N–H and O–H groups in total. The van der Waals surface area contributed by atoms with E-state index in [1.54, 1.807) is 14.2 Å². The van der Waals surface area contributed by atoms with Crippen molar-refractivity contribution < 1.29 is 14.3 Å². The lowest BCUT2D eigenvalue weighted by atomic mass is 9.91. The zero-order valence-corrected chi connectivity index (χ0v) is 18.5. The zero-order valence-electron chi connectivity index (χ0n) is 18.5. The number of Topliss-reactive ketones (excluding diaryl/α,β-unsaturated/α-hetero) is 1. The molecule has 1 unspecified atom stereocenters. The first-order chi connectivity index (χ1) is 13.3. The molecule has 0 fully saturated rings. The topological polar surface area (TPSA) is 38.8 Å². The number of hydrogen-bond acceptors (Lipinski definition) is 4. The summed E-state index contributed by atoms with van der Waals surface area (Å²) < 4.78 is 11.2. The lowest BCUT2D eigenvalue weighted by Gasteiger charge is -2.31. The highest BCUT2D eigenvalue weighted by Crippen LogP contribution is 2.29. The summed E-state index contributed by atoms with van der Waals surface area (Å²) in [7, 11) is 5.26. The summed E-state index contributed by atoms with van der Waals surface area (Å²) >= 11 is 0. The predicted molar refractivity (Wildman–Crippen MR) is 116 cm³/mol. The van der Waals surface area contributed by atoms with Crippen LogP contribution in [-0.2, 0) is 20.7 Å². The molecule has 0 spiro atoms. The second-order valence-corrected chi connectivity index (χ2v) is 7.02. The van der Waals surface area contributed by atoms with Crippen LogP contribution in [0.3, 0.4) is 0 Å². The van der Waals surface area contributed by atoms with E-state index in [2.05, 4.69) is 18.4 Å². The molecule has 0 aromatic heterocycles. The Morgan fingerprint density at radius 2 is 1.89 bits per heavy atom. The van der Waals surface area contributed by atoms with E-state index in [-0.39, 0.29) is 11.8 Å². The van der Waals surface area contributed by atoms with Crippen LogP contribution in [0.25, 0.3) is 0 Å². The molecule has 28 heavy (non-hydrogen) atoms. The number of hydrogen-bond donors (Lipinski definition) is 0. The van der Waals surface area contributed by atoms with Crippen molar-refractivity contribution in [1.29, 1.82) is 0 Å². The van der Waals surface area contributed by atoms with E-state index in [9.17, 15) is 4.79 Å². The third-order valence-corrected chi connectivity index (χ3v) is 5.05. The number of likely N-dealkylation sites (N-methyl/N-ethyl adjacent to an activating group) is 1. The summed E-state index contributed by atoms with van der Waals surface area (Å²) in [4.78, 5) is 15.1. The average Bonchev–Trinajstić information content (AvgIpc) is 2.67. The van der Waals surface area contributed by atoms with Crippen LogP contribution in [0.1, 0.15) is 38.3 Å². The summed E-state index contributed by atoms with van der Waals surface area (Å²) in [6.07, 6.45) is 2.67. The fraction of sp³-hybridized carbons (Fsp3) is 0.458. The molecule has 4 nitrogen and oxygen atoms in total. The Kier molecular flexibility index (Phi) is 9.74. The molecular formula is C24H35NO3. The van der Waals surface area contributed by atoms with Crippen molar-refractivity contribution in [2.24, 2.45) is 0 Å². The molecule has 0 aliphatic carbocycles. The van der Waals surface area contributed by atoms with Gasteiger partial charge in [0.05, 0.1) is 14.2 Å². The van der Waals surface area contributed by atoms with Gasteiger partial charge >= 0.3 is 0 Å². The van der Waals surface area contributed by atoms with Gasteiger partial charge in [-0.1, -0.05) is 37.8 Å². The molecule has 4 heteroatoms.